The van der Waals surface area contributed by atoms with Gasteiger partial charge < -0.3 is 14.4 Å². The molecule has 2 heterocycles. The molecule has 2 aromatic rings. The van der Waals surface area contributed by atoms with Gasteiger partial charge in [0.05, 0.1) is 4.90 Å². The Kier molecular flexibility index (Phi) is 4.08. The maximum Gasteiger partial charge on any atom is 0.245 e. The van der Waals surface area contributed by atoms with Crippen LogP contribution < -0.4 is 14.4 Å². The van der Waals surface area contributed by atoms with E-state index < -0.39 is 16.1 Å². The van der Waals surface area contributed by atoms with E-state index in [2.05, 4.69) is 0 Å². The molecule has 0 aromatic heterocycles. The minimum Gasteiger partial charge on any atom is -0.454 e. The van der Waals surface area contributed by atoms with Crippen molar-refractivity contribution in [3.63, 3.8) is 0 Å². The van der Waals surface area contributed by atoms with Crippen LogP contribution in [-0.2, 0) is 14.8 Å². The van der Waals surface area contributed by atoms with E-state index in [0.717, 1.165) is 0 Å². The molecule has 1 atom stereocenters. The minimum absolute atomic E-state index is 0.159. The molecule has 2 aliphatic rings. The van der Waals surface area contributed by atoms with Crippen LogP contribution in [0.1, 0.15) is 6.92 Å². The number of benzene rings is 2. The van der Waals surface area contributed by atoms with Crippen molar-refractivity contribution in [1.29, 1.82) is 0 Å². The minimum atomic E-state index is -3.72. The van der Waals surface area contributed by atoms with Gasteiger partial charge in [0, 0.05) is 24.8 Å². The molecule has 1 unspecified atom stereocenters. The first-order valence-electron chi connectivity index (χ1n) is 8.26. The molecule has 26 heavy (non-hydrogen) atoms. The SMILES string of the molecule is CC1C(=O)N(c2ccc3c(c2)OCO3)CCN1S(=O)(=O)c1ccccc1. The second-order valence-corrected chi connectivity index (χ2v) is 8.02. The van der Waals surface area contributed by atoms with Crippen molar-refractivity contribution in [3.8, 4) is 11.5 Å². The summed E-state index contributed by atoms with van der Waals surface area (Å²) in [7, 11) is -3.72. The lowest BCUT2D eigenvalue weighted by Crippen LogP contribution is -2.57. The Morgan fingerprint density at radius 3 is 2.50 bits per heavy atom. The van der Waals surface area contributed by atoms with Gasteiger partial charge in [0.25, 0.3) is 0 Å². The van der Waals surface area contributed by atoms with Crippen LogP contribution >= 0.6 is 0 Å². The van der Waals surface area contributed by atoms with Crippen LogP contribution in [0.15, 0.2) is 53.4 Å². The van der Waals surface area contributed by atoms with E-state index in [0.29, 0.717) is 17.2 Å². The zero-order chi connectivity index (χ0) is 18.3. The lowest BCUT2D eigenvalue weighted by Gasteiger charge is -2.38. The molecule has 1 saturated heterocycles. The highest BCUT2D eigenvalue weighted by Gasteiger charge is 2.39. The van der Waals surface area contributed by atoms with Crippen LogP contribution in [0.3, 0.4) is 0 Å². The highest BCUT2D eigenvalue weighted by molar-refractivity contribution is 7.89. The number of amides is 1. The molecule has 1 amide bonds. The summed E-state index contributed by atoms with van der Waals surface area (Å²) < 4.78 is 37.6. The van der Waals surface area contributed by atoms with Gasteiger partial charge in [-0.1, -0.05) is 18.2 Å². The number of nitrogens with zero attached hydrogens (tertiary/aromatic N) is 2. The summed E-state index contributed by atoms with van der Waals surface area (Å²) in [5.41, 5.74) is 0.669. The number of hydrogen-bond acceptors (Lipinski definition) is 5. The van der Waals surface area contributed by atoms with Gasteiger partial charge in [0.2, 0.25) is 22.7 Å². The first-order valence-corrected chi connectivity index (χ1v) is 9.70. The Hall–Kier alpha value is -2.58. The van der Waals surface area contributed by atoms with Crippen LogP contribution in [0.5, 0.6) is 11.5 Å². The smallest absolute Gasteiger partial charge is 0.245 e. The summed E-state index contributed by atoms with van der Waals surface area (Å²) >= 11 is 0. The molecule has 2 aromatic carbocycles. The highest BCUT2D eigenvalue weighted by atomic mass is 32.2. The second kappa shape index (κ2) is 6.30. The van der Waals surface area contributed by atoms with Crippen LogP contribution in [-0.4, -0.2) is 44.6 Å². The molecule has 0 spiro atoms. The van der Waals surface area contributed by atoms with Crippen molar-refractivity contribution in [1.82, 2.24) is 4.31 Å². The Bertz CT molecular complexity index is 945. The van der Waals surface area contributed by atoms with Gasteiger partial charge >= 0.3 is 0 Å². The predicted octanol–water partition coefficient (Wildman–Crippen LogP) is 1.84. The van der Waals surface area contributed by atoms with Crippen LogP contribution in [0.4, 0.5) is 5.69 Å². The Balaban J connectivity index is 1.60. The van der Waals surface area contributed by atoms with Crippen LogP contribution in [0.2, 0.25) is 0 Å². The van der Waals surface area contributed by atoms with Crippen LogP contribution in [0.25, 0.3) is 0 Å². The first kappa shape index (κ1) is 16.9. The molecule has 2 aliphatic heterocycles. The molecule has 0 bridgehead atoms. The topological polar surface area (TPSA) is 76.2 Å². The zero-order valence-electron chi connectivity index (χ0n) is 14.2. The van der Waals surface area contributed by atoms with Crippen molar-refractivity contribution < 1.29 is 22.7 Å². The third-order valence-corrected chi connectivity index (χ3v) is 6.60. The van der Waals surface area contributed by atoms with Gasteiger partial charge in [-0.2, -0.15) is 4.31 Å². The summed E-state index contributed by atoms with van der Waals surface area (Å²) in [5, 5.41) is 0. The molecule has 0 saturated carbocycles. The molecule has 0 N–H and O–H groups in total. The van der Waals surface area contributed by atoms with Gasteiger partial charge in [-0.25, -0.2) is 8.42 Å². The summed E-state index contributed by atoms with van der Waals surface area (Å²) in [6.45, 7) is 2.27. The molecule has 136 valence electrons. The first-order chi connectivity index (χ1) is 12.5. The molecule has 0 aliphatic carbocycles. The van der Waals surface area contributed by atoms with E-state index in [1.54, 1.807) is 48.2 Å². The van der Waals surface area contributed by atoms with Gasteiger partial charge in [-0.05, 0) is 31.2 Å². The molecule has 7 nitrogen and oxygen atoms in total. The summed E-state index contributed by atoms with van der Waals surface area (Å²) in [4.78, 5) is 14.6. The fraction of sp³-hybridized carbons (Fsp3) is 0.278. The van der Waals surface area contributed by atoms with E-state index >= 15 is 0 Å². The lowest BCUT2D eigenvalue weighted by molar-refractivity contribution is -0.123. The molecule has 0 radical (unpaired) electrons. The van der Waals surface area contributed by atoms with Gasteiger partial charge in [-0.15, -0.1) is 0 Å². The molecular weight excluding hydrogens is 356 g/mol. The summed E-state index contributed by atoms with van der Waals surface area (Å²) in [6, 6.07) is 12.7. The second-order valence-electron chi connectivity index (χ2n) is 6.13. The number of piperazine rings is 1. The van der Waals surface area contributed by atoms with E-state index in [1.165, 1.54) is 16.4 Å². The lowest BCUT2D eigenvalue weighted by atomic mass is 10.2. The number of hydrogen-bond donors (Lipinski definition) is 0. The van der Waals surface area contributed by atoms with Crippen molar-refractivity contribution >= 4 is 21.6 Å². The predicted molar refractivity (Wildman–Crippen MR) is 94.7 cm³/mol. The van der Waals surface area contributed by atoms with Crippen molar-refractivity contribution in [2.45, 2.75) is 17.9 Å². The average Bonchev–Trinajstić information content (AvgIpc) is 3.12. The molecule has 8 heteroatoms. The fourth-order valence-corrected chi connectivity index (χ4v) is 4.82. The molecule has 4 rings (SSSR count). The van der Waals surface area contributed by atoms with E-state index in [4.69, 9.17) is 9.47 Å². The number of fused-ring (bicyclic) bond motifs is 1. The average molecular weight is 374 g/mol. The monoisotopic (exact) mass is 374 g/mol. The van der Waals surface area contributed by atoms with Crippen molar-refractivity contribution in [3.05, 3.63) is 48.5 Å². The highest BCUT2D eigenvalue weighted by Crippen LogP contribution is 2.36. The Labute approximate surface area is 151 Å². The fourth-order valence-electron chi connectivity index (χ4n) is 3.22. The van der Waals surface area contributed by atoms with E-state index in [-0.39, 0.29) is 30.7 Å². The van der Waals surface area contributed by atoms with Gasteiger partial charge in [0.15, 0.2) is 11.5 Å². The number of carbonyl (C=O) groups excluding carboxylic acids is 1. The number of anilines is 1. The quantitative estimate of drug-likeness (QED) is 0.819. The van der Waals surface area contributed by atoms with Crippen molar-refractivity contribution in [2.75, 3.05) is 24.8 Å². The Morgan fingerprint density at radius 2 is 1.73 bits per heavy atom. The maximum atomic E-state index is 12.9. The van der Waals surface area contributed by atoms with Crippen molar-refractivity contribution in [2.24, 2.45) is 0 Å². The van der Waals surface area contributed by atoms with Crippen LogP contribution in [0, 0.1) is 0 Å². The normalized spacial score (nSPS) is 20.4. The Morgan fingerprint density at radius 1 is 1.00 bits per heavy atom. The number of carbonyl (C=O) groups is 1. The zero-order valence-corrected chi connectivity index (χ0v) is 15.0. The summed E-state index contributed by atoms with van der Waals surface area (Å²) in [5.74, 6) is 0.955. The summed E-state index contributed by atoms with van der Waals surface area (Å²) in [6.07, 6.45) is 0. The van der Waals surface area contributed by atoms with Gasteiger partial charge in [0.1, 0.15) is 6.04 Å². The van der Waals surface area contributed by atoms with E-state index in [9.17, 15) is 13.2 Å². The maximum absolute atomic E-state index is 12.9. The number of sulfonamides is 1. The standard InChI is InChI=1S/C18H18N2O5S/c1-13-18(21)19(14-7-8-16-17(11-14)25-12-24-16)9-10-20(13)26(22,23)15-5-3-2-4-6-15/h2-8,11,13H,9-10,12H2,1H3. The molecule has 1 fully saturated rings. The number of rotatable bonds is 3. The number of ether oxygens (including phenoxy) is 2. The third-order valence-electron chi connectivity index (χ3n) is 4.62. The molecular formula is C18H18N2O5S. The van der Waals surface area contributed by atoms with Gasteiger partial charge in [-0.3, -0.25) is 4.79 Å². The third kappa shape index (κ3) is 2.71. The van der Waals surface area contributed by atoms with E-state index in [1.807, 2.05) is 0 Å². The largest absolute Gasteiger partial charge is 0.454 e.